The van der Waals surface area contributed by atoms with Crippen LogP contribution in [0.15, 0.2) is 53.1 Å². The zero-order valence-corrected chi connectivity index (χ0v) is 11.7. The lowest BCUT2D eigenvalue weighted by molar-refractivity contribution is 1.46. The predicted octanol–water partition coefficient (Wildman–Crippen LogP) is 5.33. The highest BCUT2D eigenvalue weighted by molar-refractivity contribution is 9.10. The fraction of sp³-hybridized carbons (Fsp3) is 0. The van der Waals surface area contributed by atoms with Crippen molar-refractivity contribution in [3.05, 3.63) is 58.2 Å². The van der Waals surface area contributed by atoms with Gasteiger partial charge < -0.3 is 10.3 Å². The van der Waals surface area contributed by atoms with Crippen molar-refractivity contribution in [1.82, 2.24) is 4.98 Å². The number of hydrogen-bond acceptors (Lipinski definition) is 1. The van der Waals surface area contributed by atoms with Crippen LogP contribution in [0.3, 0.4) is 0 Å². The van der Waals surface area contributed by atoms with Gasteiger partial charge in [-0.2, -0.15) is 0 Å². The fourth-order valence-corrected chi connectivity index (χ4v) is 2.61. The van der Waals surface area contributed by atoms with E-state index in [1.807, 2.05) is 48.7 Å². The molecule has 1 heterocycles. The zero-order valence-electron chi connectivity index (χ0n) is 9.37. The van der Waals surface area contributed by atoms with Crippen LogP contribution in [0.1, 0.15) is 0 Å². The van der Waals surface area contributed by atoms with Crippen molar-refractivity contribution in [2.24, 2.45) is 0 Å². The molecule has 0 spiro atoms. The molecule has 3 rings (SSSR count). The van der Waals surface area contributed by atoms with Gasteiger partial charge in [0.1, 0.15) is 0 Å². The van der Waals surface area contributed by atoms with Crippen LogP contribution in [0.25, 0.3) is 10.9 Å². The number of H-pyrrole nitrogens is 1. The van der Waals surface area contributed by atoms with E-state index >= 15 is 0 Å². The summed E-state index contributed by atoms with van der Waals surface area (Å²) in [6.07, 6.45) is 1.93. The molecule has 0 unspecified atom stereocenters. The van der Waals surface area contributed by atoms with Crippen molar-refractivity contribution in [3.8, 4) is 0 Å². The van der Waals surface area contributed by atoms with Gasteiger partial charge in [0.25, 0.3) is 0 Å². The van der Waals surface area contributed by atoms with Gasteiger partial charge in [-0.1, -0.05) is 29.8 Å². The van der Waals surface area contributed by atoms with Crippen LogP contribution in [0, 0.1) is 0 Å². The van der Waals surface area contributed by atoms with Crippen LogP contribution < -0.4 is 5.32 Å². The standard InChI is InChI=1S/C14H10BrClN2/c15-9-4-1-2-6-11(9)18-13-8-17-12-7-3-5-10(16)14(12)13/h1-8,17-18H. The number of aromatic nitrogens is 1. The van der Waals surface area contributed by atoms with Crippen molar-refractivity contribution in [2.45, 2.75) is 0 Å². The maximum absolute atomic E-state index is 6.24. The molecule has 18 heavy (non-hydrogen) atoms. The van der Waals surface area contributed by atoms with Crippen LogP contribution >= 0.6 is 27.5 Å². The molecular formula is C14H10BrClN2. The Bertz CT molecular complexity index is 706. The summed E-state index contributed by atoms with van der Waals surface area (Å²) >= 11 is 9.76. The Kier molecular flexibility index (Phi) is 3.02. The lowest BCUT2D eigenvalue weighted by Crippen LogP contribution is -1.89. The van der Waals surface area contributed by atoms with Gasteiger partial charge in [0.05, 0.1) is 16.4 Å². The maximum Gasteiger partial charge on any atom is 0.0657 e. The van der Waals surface area contributed by atoms with Gasteiger partial charge in [-0.3, -0.25) is 0 Å². The number of nitrogens with one attached hydrogen (secondary N) is 2. The van der Waals surface area contributed by atoms with E-state index in [0.717, 1.165) is 31.8 Å². The Labute approximate surface area is 118 Å². The molecule has 2 aromatic carbocycles. The minimum absolute atomic E-state index is 0.739. The number of fused-ring (bicyclic) bond motifs is 1. The molecule has 0 amide bonds. The number of rotatable bonds is 2. The average molecular weight is 322 g/mol. The Balaban J connectivity index is 2.09. The Hall–Kier alpha value is -1.45. The normalized spacial score (nSPS) is 10.8. The lowest BCUT2D eigenvalue weighted by Gasteiger charge is -2.07. The quantitative estimate of drug-likeness (QED) is 0.656. The van der Waals surface area contributed by atoms with Crippen molar-refractivity contribution in [3.63, 3.8) is 0 Å². The number of hydrogen-bond donors (Lipinski definition) is 2. The minimum atomic E-state index is 0.739. The molecule has 0 aliphatic heterocycles. The third-order valence-electron chi connectivity index (χ3n) is 2.80. The topological polar surface area (TPSA) is 27.8 Å². The summed E-state index contributed by atoms with van der Waals surface area (Å²) in [6, 6.07) is 13.8. The fourth-order valence-electron chi connectivity index (χ4n) is 1.95. The monoisotopic (exact) mass is 320 g/mol. The summed E-state index contributed by atoms with van der Waals surface area (Å²) in [5.41, 5.74) is 3.01. The molecule has 0 radical (unpaired) electrons. The number of halogens is 2. The summed E-state index contributed by atoms with van der Waals surface area (Å²) < 4.78 is 1.02. The molecule has 0 saturated heterocycles. The van der Waals surface area contributed by atoms with Gasteiger partial charge in [0, 0.05) is 21.6 Å². The molecule has 0 bridgehead atoms. The van der Waals surface area contributed by atoms with Gasteiger partial charge in [-0.05, 0) is 40.2 Å². The molecule has 0 saturated carbocycles. The van der Waals surface area contributed by atoms with E-state index in [4.69, 9.17) is 11.6 Å². The van der Waals surface area contributed by atoms with Crippen LogP contribution in [0.4, 0.5) is 11.4 Å². The van der Waals surface area contributed by atoms with E-state index in [2.05, 4.69) is 26.2 Å². The Morgan fingerprint density at radius 2 is 1.83 bits per heavy atom. The molecule has 2 N–H and O–H groups in total. The van der Waals surface area contributed by atoms with Crippen LogP contribution in [-0.2, 0) is 0 Å². The third kappa shape index (κ3) is 2.00. The first-order chi connectivity index (χ1) is 8.75. The zero-order chi connectivity index (χ0) is 12.5. The SMILES string of the molecule is Clc1cccc2[nH]cc(Nc3ccccc3Br)c12. The number of aromatic amines is 1. The number of anilines is 2. The van der Waals surface area contributed by atoms with E-state index in [9.17, 15) is 0 Å². The molecule has 4 heteroatoms. The van der Waals surface area contributed by atoms with E-state index in [1.165, 1.54) is 0 Å². The highest BCUT2D eigenvalue weighted by Crippen LogP contribution is 2.33. The molecule has 1 aromatic heterocycles. The molecule has 2 nitrogen and oxygen atoms in total. The first kappa shape index (κ1) is 11.6. The summed E-state index contributed by atoms with van der Waals surface area (Å²) in [5.74, 6) is 0. The first-order valence-electron chi connectivity index (χ1n) is 5.53. The van der Waals surface area contributed by atoms with Gasteiger partial charge in [-0.15, -0.1) is 0 Å². The Morgan fingerprint density at radius 3 is 2.67 bits per heavy atom. The van der Waals surface area contributed by atoms with E-state index < -0.39 is 0 Å². The Morgan fingerprint density at radius 1 is 1.00 bits per heavy atom. The summed E-state index contributed by atoms with van der Waals surface area (Å²) in [4.78, 5) is 3.21. The minimum Gasteiger partial charge on any atom is -0.359 e. The summed E-state index contributed by atoms with van der Waals surface area (Å²) in [7, 11) is 0. The summed E-state index contributed by atoms with van der Waals surface area (Å²) in [5, 5.41) is 5.12. The molecular weight excluding hydrogens is 312 g/mol. The molecule has 0 aliphatic rings. The molecule has 3 aromatic rings. The van der Waals surface area contributed by atoms with Gasteiger partial charge >= 0.3 is 0 Å². The van der Waals surface area contributed by atoms with Crippen LogP contribution in [-0.4, -0.2) is 4.98 Å². The van der Waals surface area contributed by atoms with Crippen LogP contribution in [0.5, 0.6) is 0 Å². The van der Waals surface area contributed by atoms with Gasteiger partial charge in [0.2, 0.25) is 0 Å². The van der Waals surface area contributed by atoms with Crippen molar-refractivity contribution >= 4 is 49.8 Å². The average Bonchev–Trinajstić information content (AvgIpc) is 2.77. The smallest absolute Gasteiger partial charge is 0.0657 e. The second-order valence-electron chi connectivity index (χ2n) is 3.97. The van der Waals surface area contributed by atoms with E-state index in [-0.39, 0.29) is 0 Å². The van der Waals surface area contributed by atoms with Gasteiger partial charge in [0.15, 0.2) is 0 Å². The third-order valence-corrected chi connectivity index (χ3v) is 3.80. The number of para-hydroxylation sites is 1. The first-order valence-corrected chi connectivity index (χ1v) is 6.70. The second-order valence-corrected chi connectivity index (χ2v) is 5.23. The predicted molar refractivity (Wildman–Crippen MR) is 80.7 cm³/mol. The van der Waals surface area contributed by atoms with Crippen molar-refractivity contribution in [2.75, 3.05) is 5.32 Å². The highest BCUT2D eigenvalue weighted by atomic mass is 79.9. The summed E-state index contributed by atoms with van der Waals surface area (Å²) in [6.45, 7) is 0. The molecule has 0 aliphatic carbocycles. The van der Waals surface area contributed by atoms with Gasteiger partial charge in [-0.25, -0.2) is 0 Å². The molecule has 0 atom stereocenters. The highest BCUT2D eigenvalue weighted by Gasteiger charge is 2.08. The van der Waals surface area contributed by atoms with E-state index in [1.54, 1.807) is 0 Å². The second kappa shape index (κ2) is 4.67. The van der Waals surface area contributed by atoms with Crippen LogP contribution in [0.2, 0.25) is 5.02 Å². The number of benzene rings is 2. The molecule has 90 valence electrons. The van der Waals surface area contributed by atoms with Crippen molar-refractivity contribution < 1.29 is 0 Å². The van der Waals surface area contributed by atoms with E-state index in [0.29, 0.717) is 0 Å². The largest absolute Gasteiger partial charge is 0.359 e. The molecule has 0 fully saturated rings. The maximum atomic E-state index is 6.24. The lowest BCUT2D eigenvalue weighted by atomic mass is 10.2. The van der Waals surface area contributed by atoms with Crippen molar-refractivity contribution in [1.29, 1.82) is 0 Å².